The molecule has 0 bridgehead atoms. The lowest BCUT2D eigenvalue weighted by molar-refractivity contribution is -0.121. The highest BCUT2D eigenvalue weighted by Gasteiger charge is 2.20. The molecule has 0 atom stereocenters. The van der Waals surface area contributed by atoms with Crippen LogP contribution in [0.3, 0.4) is 0 Å². The average molecular weight is 461 g/mol. The van der Waals surface area contributed by atoms with E-state index in [2.05, 4.69) is 20.6 Å². The van der Waals surface area contributed by atoms with Crippen molar-refractivity contribution in [3.05, 3.63) is 56.9 Å². The maximum absolute atomic E-state index is 15.3. The Hall–Kier alpha value is -2.67. The molecule has 1 amide bonds. The quantitative estimate of drug-likeness (QED) is 0.421. The smallest absolute Gasteiger partial charge is 0.251 e. The summed E-state index contributed by atoms with van der Waals surface area (Å²) in [4.78, 5) is 31.1. The van der Waals surface area contributed by atoms with Crippen molar-refractivity contribution in [2.45, 2.75) is 58.9 Å². The van der Waals surface area contributed by atoms with Gasteiger partial charge in [0.15, 0.2) is 0 Å². The van der Waals surface area contributed by atoms with E-state index < -0.39 is 11.4 Å². The Kier molecular flexibility index (Phi) is 8.45. The maximum atomic E-state index is 15.3. The zero-order valence-corrected chi connectivity index (χ0v) is 19.3. The zero-order valence-electron chi connectivity index (χ0n) is 18.6. The van der Waals surface area contributed by atoms with E-state index in [4.69, 9.17) is 11.6 Å². The van der Waals surface area contributed by atoms with E-state index in [9.17, 15) is 9.59 Å². The van der Waals surface area contributed by atoms with Gasteiger partial charge in [-0.2, -0.15) is 0 Å². The number of halogens is 2. The molecule has 2 aromatic rings. The first-order valence-corrected chi connectivity index (χ1v) is 11.5. The van der Waals surface area contributed by atoms with Crippen molar-refractivity contribution >= 4 is 23.1 Å². The molecule has 32 heavy (non-hydrogen) atoms. The molecule has 0 radical (unpaired) electrons. The van der Waals surface area contributed by atoms with Crippen LogP contribution in [0.5, 0.6) is 0 Å². The van der Waals surface area contributed by atoms with E-state index >= 15 is 4.39 Å². The fourth-order valence-electron chi connectivity index (χ4n) is 3.44. The SMILES string of the molecule is CCCC(=O)NCc1ccc(Cl)c(-c2nc(/C(C)=C/NCCCC3CC3)cc(=O)[nH]2)c1F. The highest BCUT2D eigenvalue weighted by atomic mass is 35.5. The van der Waals surface area contributed by atoms with Crippen molar-refractivity contribution in [3.8, 4) is 11.4 Å². The zero-order chi connectivity index (χ0) is 23.1. The molecule has 0 saturated heterocycles. The van der Waals surface area contributed by atoms with Crippen LogP contribution in [-0.2, 0) is 11.3 Å². The van der Waals surface area contributed by atoms with Gasteiger partial charge in [-0.3, -0.25) is 9.59 Å². The third-order valence-electron chi connectivity index (χ3n) is 5.46. The minimum atomic E-state index is -0.616. The van der Waals surface area contributed by atoms with Crippen molar-refractivity contribution in [2.75, 3.05) is 6.54 Å². The largest absolute Gasteiger partial charge is 0.391 e. The second-order valence-electron chi connectivity index (χ2n) is 8.27. The van der Waals surface area contributed by atoms with Gasteiger partial charge in [-0.1, -0.05) is 37.4 Å². The molecule has 1 aromatic carbocycles. The van der Waals surface area contributed by atoms with Gasteiger partial charge in [0.25, 0.3) is 5.56 Å². The van der Waals surface area contributed by atoms with Crippen molar-refractivity contribution in [2.24, 2.45) is 5.92 Å². The van der Waals surface area contributed by atoms with Gasteiger partial charge < -0.3 is 15.6 Å². The number of aromatic amines is 1. The number of benzene rings is 1. The molecule has 6 nitrogen and oxygen atoms in total. The number of aromatic nitrogens is 2. The molecule has 1 saturated carbocycles. The number of hydrogen-bond donors (Lipinski definition) is 3. The Labute approximate surface area is 192 Å². The van der Waals surface area contributed by atoms with Crippen LogP contribution in [0.25, 0.3) is 17.0 Å². The number of carbonyl (C=O) groups is 1. The topological polar surface area (TPSA) is 86.9 Å². The molecule has 1 aromatic heterocycles. The molecule has 1 aliphatic carbocycles. The molecule has 0 unspecified atom stereocenters. The predicted octanol–water partition coefficient (Wildman–Crippen LogP) is 4.79. The van der Waals surface area contributed by atoms with Gasteiger partial charge in [-0.05, 0) is 43.7 Å². The number of nitrogens with one attached hydrogen (secondary N) is 3. The number of carbonyl (C=O) groups excluding carboxylic acids is 1. The van der Waals surface area contributed by atoms with Crippen LogP contribution >= 0.6 is 11.6 Å². The third kappa shape index (κ3) is 6.66. The third-order valence-corrected chi connectivity index (χ3v) is 5.77. The van der Waals surface area contributed by atoms with E-state index in [1.54, 1.807) is 0 Å². The first-order chi connectivity index (χ1) is 15.4. The Morgan fingerprint density at radius 1 is 1.38 bits per heavy atom. The molecule has 8 heteroatoms. The number of nitrogens with zero attached hydrogens (tertiary/aromatic N) is 1. The molecule has 1 heterocycles. The molecule has 3 rings (SSSR count). The summed E-state index contributed by atoms with van der Waals surface area (Å²) in [5.74, 6) is 0.184. The van der Waals surface area contributed by atoms with Gasteiger partial charge >= 0.3 is 0 Å². The van der Waals surface area contributed by atoms with Crippen molar-refractivity contribution < 1.29 is 9.18 Å². The van der Waals surface area contributed by atoms with Crippen LogP contribution in [0.4, 0.5) is 4.39 Å². The Morgan fingerprint density at radius 2 is 2.16 bits per heavy atom. The van der Waals surface area contributed by atoms with Crippen LogP contribution in [0.15, 0.2) is 29.2 Å². The van der Waals surface area contributed by atoms with E-state index in [0.29, 0.717) is 18.5 Å². The fraction of sp³-hybridized carbons (Fsp3) is 0.458. The van der Waals surface area contributed by atoms with Crippen LogP contribution in [-0.4, -0.2) is 22.4 Å². The summed E-state index contributed by atoms with van der Waals surface area (Å²) >= 11 is 6.27. The highest BCUT2D eigenvalue weighted by molar-refractivity contribution is 6.33. The van der Waals surface area contributed by atoms with E-state index in [-0.39, 0.29) is 34.4 Å². The monoisotopic (exact) mass is 460 g/mol. The van der Waals surface area contributed by atoms with Gasteiger partial charge in [0.05, 0.1) is 16.3 Å². The van der Waals surface area contributed by atoms with Gasteiger partial charge in [-0.25, -0.2) is 9.37 Å². The first kappa shape index (κ1) is 24.0. The van der Waals surface area contributed by atoms with E-state index in [1.165, 1.54) is 37.5 Å². The fourth-order valence-corrected chi connectivity index (χ4v) is 3.67. The lowest BCUT2D eigenvalue weighted by atomic mass is 10.1. The standard InChI is InChI=1S/C24H30ClFN4O2/c1-3-5-20(31)28-14-17-9-10-18(25)22(23(17)26)24-29-19(12-21(32)30-24)15(2)13-27-11-4-6-16-7-8-16/h9-10,12-13,16,27H,3-8,11,14H2,1-2H3,(H,28,31)(H,29,30,32)/b15-13+. The van der Waals surface area contributed by atoms with Crippen LogP contribution < -0.4 is 16.2 Å². The van der Waals surface area contributed by atoms with E-state index in [1.807, 2.05) is 20.0 Å². The molecule has 1 fully saturated rings. The molecule has 0 aliphatic heterocycles. The summed E-state index contributed by atoms with van der Waals surface area (Å²) in [5, 5.41) is 6.08. The normalized spacial score (nSPS) is 13.8. The Balaban J connectivity index is 1.79. The lowest BCUT2D eigenvalue weighted by Gasteiger charge is -2.12. The summed E-state index contributed by atoms with van der Waals surface area (Å²) in [6.07, 6.45) is 7.94. The maximum Gasteiger partial charge on any atom is 0.251 e. The first-order valence-electron chi connectivity index (χ1n) is 11.1. The molecule has 172 valence electrons. The summed E-state index contributed by atoms with van der Waals surface area (Å²) in [7, 11) is 0. The van der Waals surface area contributed by atoms with Crippen LogP contribution in [0, 0.1) is 11.7 Å². The predicted molar refractivity (Wildman–Crippen MR) is 126 cm³/mol. The van der Waals surface area contributed by atoms with Gasteiger partial charge in [0.2, 0.25) is 5.91 Å². The van der Waals surface area contributed by atoms with Crippen LogP contribution in [0.1, 0.15) is 63.6 Å². The number of rotatable bonds is 11. The Bertz CT molecular complexity index is 1050. The van der Waals surface area contributed by atoms with Crippen LogP contribution in [0.2, 0.25) is 5.02 Å². The molecule has 3 N–H and O–H groups in total. The highest BCUT2D eigenvalue weighted by Crippen LogP contribution is 2.33. The minimum absolute atomic E-state index is 0.0121. The Morgan fingerprint density at radius 3 is 2.88 bits per heavy atom. The number of amides is 1. The lowest BCUT2D eigenvalue weighted by Crippen LogP contribution is -2.23. The van der Waals surface area contributed by atoms with Crippen molar-refractivity contribution in [1.29, 1.82) is 0 Å². The molecule has 1 aliphatic rings. The van der Waals surface area contributed by atoms with Crippen molar-refractivity contribution in [3.63, 3.8) is 0 Å². The molecule has 0 spiro atoms. The second-order valence-corrected chi connectivity index (χ2v) is 8.68. The average Bonchev–Trinajstić information content (AvgIpc) is 3.57. The van der Waals surface area contributed by atoms with Gasteiger partial charge in [0.1, 0.15) is 11.6 Å². The van der Waals surface area contributed by atoms with Gasteiger partial charge in [-0.15, -0.1) is 0 Å². The summed E-state index contributed by atoms with van der Waals surface area (Å²) in [5.41, 5.74) is 1.09. The number of hydrogen-bond acceptors (Lipinski definition) is 4. The summed E-state index contributed by atoms with van der Waals surface area (Å²) < 4.78 is 15.3. The molecular formula is C24H30ClFN4O2. The van der Waals surface area contributed by atoms with Gasteiger partial charge in [0, 0.05) is 37.3 Å². The number of allylic oxidation sites excluding steroid dienone is 1. The second kappa shape index (κ2) is 11.3. The van der Waals surface area contributed by atoms with Crippen molar-refractivity contribution in [1.82, 2.24) is 20.6 Å². The summed E-state index contributed by atoms with van der Waals surface area (Å²) in [6, 6.07) is 4.44. The summed E-state index contributed by atoms with van der Waals surface area (Å²) in [6.45, 7) is 4.63. The van der Waals surface area contributed by atoms with E-state index in [0.717, 1.165) is 24.5 Å². The molecular weight excluding hydrogens is 431 g/mol. The minimum Gasteiger partial charge on any atom is -0.391 e. The number of H-pyrrole nitrogens is 1.